The molecule has 0 aliphatic heterocycles. The molecular formula is C20H23ClN2O3. The maximum absolute atomic E-state index is 12.1. The number of hydrogen-bond acceptors (Lipinski definition) is 4. The van der Waals surface area contributed by atoms with Crippen LogP contribution in [0, 0.1) is 0 Å². The average Bonchev–Trinajstić information content (AvgIpc) is 2.66. The Morgan fingerprint density at radius 2 is 1.77 bits per heavy atom. The molecule has 0 aliphatic rings. The Kier molecular flexibility index (Phi) is 7.48. The Hall–Kier alpha value is -2.53. The number of carbonyl (C=O) groups is 2. The molecule has 0 unspecified atom stereocenters. The van der Waals surface area contributed by atoms with Gasteiger partial charge in [-0.25, -0.2) is 4.79 Å². The van der Waals surface area contributed by atoms with E-state index in [0.29, 0.717) is 17.1 Å². The molecule has 0 heterocycles. The van der Waals surface area contributed by atoms with Crippen molar-refractivity contribution in [1.29, 1.82) is 0 Å². The first-order valence-corrected chi connectivity index (χ1v) is 8.94. The highest BCUT2D eigenvalue weighted by Gasteiger charge is 2.11. The third-order valence-electron chi connectivity index (χ3n) is 3.94. The normalized spacial score (nSPS) is 10.3. The molecule has 138 valence electrons. The van der Waals surface area contributed by atoms with Crippen LogP contribution in [0.25, 0.3) is 0 Å². The smallest absolute Gasteiger partial charge is 0.338 e. The van der Waals surface area contributed by atoms with Gasteiger partial charge in [-0.05, 0) is 55.8 Å². The second-order valence-corrected chi connectivity index (χ2v) is 6.14. The number of nitrogens with one attached hydrogen (secondary N) is 1. The molecule has 2 rings (SSSR count). The zero-order valence-corrected chi connectivity index (χ0v) is 15.8. The lowest BCUT2D eigenvalue weighted by Gasteiger charge is -2.20. The molecule has 1 N–H and O–H groups in total. The van der Waals surface area contributed by atoms with Gasteiger partial charge in [0.15, 0.2) is 6.61 Å². The minimum Gasteiger partial charge on any atom is -0.452 e. The van der Waals surface area contributed by atoms with Crippen molar-refractivity contribution >= 4 is 29.2 Å². The molecule has 0 aromatic heterocycles. The number of esters is 1. The van der Waals surface area contributed by atoms with Crippen LogP contribution in [0.1, 0.15) is 29.8 Å². The summed E-state index contributed by atoms with van der Waals surface area (Å²) < 4.78 is 5.06. The molecule has 0 saturated heterocycles. The third-order valence-corrected chi connectivity index (χ3v) is 4.18. The lowest BCUT2D eigenvalue weighted by molar-refractivity contribution is -0.124. The van der Waals surface area contributed by atoms with Crippen molar-refractivity contribution in [1.82, 2.24) is 5.32 Å². The molecule has 1 amide bonds. The van der Waals surface area contributed by atoms with Gasteiger partial charge in [-0.1, -0.05) is 23.7 Å². The van der Waals surface area contributed by atoms with E-state index in [1.807, 2.05) is 24.3 Å². The van der Waals surface area contributed by atoms with Crippen molar-refractivity contribution in [3.63, 3.8) is 0 Å². The summed E-state index contributed by atoms with van der Waals surface area (Å²) in [4.78, 5) is 26.1. The second-order valence-electron chi connectivity index (χ2n) is 5.70. The SMILES string of the molecule is CCN(CC)c1ccc(C(=O)OCC(=O)NCc2cccc(Cl)c2)cc1. The Morgan fingerprint density at radius 1 is 1.08 bits per heavy atom. The third kappa shape index (κ3) is 5.77. The topological polar surface area (TPSA) is 58.6 Å². The Morgan fingerprint density at radius 3 is 2.38 bits per heavy atom. The summed E-state index contributed by atoms with van der Waals surface area (Å²) in [5, 5.41) is 3.30. The van der Waals surface area contributed by atoms with E-state index in [4.69, 9.17) is 16.3 Å². The van der Waals surface area contributed by atoms with Crippen LogP contribution in [-0.4, -0.2) is 31.6 Å². The predicted molar refractivity (Wildman–Crippen MR) is 104 cm³/mol. The molecule has 6 heteroatoms. The first-order valence-electron chi connectivity index (χ1n) is 8.56. The van der Waals surface area contributed by atoms with Crippen LogP contribution in [0.4, 0.5) is 5.69 Å². The fourth-order valence-corrected chi connectivity index (χ4v) is 2.72. The van der Waals surface area contributed by atoms with Crippen molar-refractivity contribution in [2.45, 2.75) is 20.4 Å². The van der Waals surface area contributed by atoms with Crippen LogP contribution in [-0.2, 0) is 16.1 Å². The molecule has 0 spiro atoms. The lowest BCUT2D eigenvalue weighted by atomic mass is 10.2. The summed E-state index contributed by atoms with van der Waals surface area (Å²) in [7, 11) is 0. The van der Waals surface area contributed by atoms with E-state index in [9.17, 15) is 9.59 Å². The molecule has 0 fully saturated rings. The Balaban J connectivity index is 1.81. The van der Waals surface area contributed by atoms with Crippen LogP contribution in [0.5, 0.6) is 0 Å². The highest BCUT2D eigenvalue weighted by atomic mass is 35.5. The molecule has 0 atom stereocenters. The Bertz CT molecular complexity index is 743. The number of amides is 1. The summed E-state index contributed by atoms with van der Waals surface area (Å²) >= 11 is 5.89. The monoisotopic (exact) mass is 374 g/mol. The van der Waals surface area contributed by atoms with E-state index in [-0.39, 0.29) is 12.5 Å². The van der Waals surface area contributed by atoms with E-state index in [1.54, 1.807) is 24.3 Å². The van der Waals surface area contributed by atoms with Crippen molar-refractivity contribution in [2.75, 3.05) is 24.6 Å². The molecular weight excluding hydrogens is 352 g/mol. The zero-order valence-electron chi connectivity index (χ0n) is 15.0. The predicted octanol–water partition coefficient (Wildman–Crippen LogP) is 3.66. The van der Waals surface area contributed by atoms with Crippen molar-refractivity contribution < 1.29 is 14.3 Å². The van der Waals surface area contributed by atoms with Gasteiger partial charge in [0.25, 0.3) is 5.91 Å². The summed E-state index contributed by atoms with van der Waals surface area (Å²) in [6.45, 7) is 5.95. The van der Waals surface area contributed by atoms with Gasteiger partial charge in [-0.3, -0.25) is 4.79 Å². The highest BCUT2D eigenvalue weighted by molar-refractivity contribution is 6.30. The van der Waals surface area contributed by atoms with Crippen LogP contribution in [0.3, 0.4) is 0 Å². The molecule has 0 bridgehead atoms. The summed E-state index contributed by atoms with van der Waals surface area (Å²) in [6.07, 6.45) is 0. The largest absolute Gasteiger partial charge is 0.452 e. The van der Waals surface area contributed by atoms with Crippen molar-refractivity contribution in [3.8, 4) is 0 Å². The number of carbonyl (C=O) groups excluding carboxylic acids is 2. The number of hydrogen-bond donors (Lipinski definition) is 1. The van der Waals surface area contributed by atoms with Gasteiger partial charge in [0.1, 0.15) is 0 Å². The fraction of sp³-hybridized carbons (Fsp3) is 0.300. The molecule has 2 aromatic rings. The van der Waals surface area contributed by atoms with E-state index in [1.165, 1.54) is 0 Å². The summed E-state index contributed by atoms with van der Waals surface area (Å²) in [5.41, 5.74) is 2.35. The Labute approximate surface area is 158 Å². The first kappa shape index (κ1) is 19.8. The maximum atomic E-state index is 12.1. The average molecular weight is 375 g/mol. The van der Waals surface area contributed by atoms with Crippen LogP contribution in [0.15, 0.2) is 48.5 Å². The van der Waals surface area contributed by atoms with Crippen LogP contribution >= 0.6 is 11.6 Å². The maximum Gasteiger partial charge on any atom is 0.338 e. The second kappa shape index (κ2) is 9.82. The van der Waals surface area contributed by atoms with Crippen molar-refractivity contribution in [3.05, 3.63) is 64.7 Å². The van der Waals surface area contributed by atoms with Gasteiger partial charge in [-0.15, -0.1) is 0 Å². The minimum atomic E-state index is -0.519. The van der Waals surface area contributed by atoms with Gasteiger partial charge >= 0.3 is 5.97 Å². The van der Waals surface area contributed by atoms with Gasteiger partial charge in [0.2, 0.25) is 0 Å². The van der Waals surface area contributed by atoms with Gasteiger partial charge in [0.05, 0.1) is 5.56 Å². The number of rotatable bonds is 8. The first-order chi connectivity index (χ1) is 12.5. The van der Waals surface area contributed by atoms with E-state index < -0.39 is 5.97 Å². The molecule has 0 radical (unpaired) electrons. The van der Waals surface area contributed by atoms with E-state index >= 15 is 0 Å². The number of ether oxygens (including phenoxy) is 1. The molecule has 5 nitrogen and oxygen atoms in total. The standard InChI is InChI=1S/C20H23ClN2O3/c1-3-23(4-2)18-10-8-16(9-11-18)20(25)26-14-19(24)22-13-15-6-5-7-17(21)12-15/h5-12H,3-4,13-14H2,1-2H3,(H,22,24). The molecule has 0 saturated carbocycles. The van der Waals surface area contributed by atoms with Gasteiger partial charge in [-0.2, -0.15) is 0 Å². The number of nitrogens with zero attached hydrogens (tertiary/aromatic N) is 1. The number of benzene rings is 2. The quantitative estimate of drug-likeness (QED) is 0.716. The fourth-order valence-electron chi connectivity index (χ4n) is 2.51. The molecule has 0 aliphatic carbocycles. The number of anilines is 1. The number of halogens is 1. The zero-order chi connectivity index (χ0) is 18.9. The van der Waals surface area contributed by atoms with E-state index in [2.05, 4.69) is 24.1 Å². The van der Waals surface area contributed by atoms with Crippen LogP contribution < -0.4 is 10.2 Å². The highest BCUT2D eigenvalue weighted by Crippen LogP contribution is 2.15. The van der Waals surface area contributed by atoms with Gasteiger partial charge < -0.3 is 15.0 Å². The lowest BCUT2D eigenvalue weighted by Crippen LogP contribution is -2.28. The molecule has 2 aromatic carbocycles. The van der Waals surface area contributed by atoms with Gasteiger partial charge in [0, 0.05) is 30.3 Å². The van der Waals surface area contributed by atoms with Crippen LogP contribution in [0.2, 0.25) is 5.02 Å². The van der Waals surface area contributed by atoms with Crippen molar-refractivity contribution in [2.24, 2.45) is 0 Å². The summed E-state index contributed by atoms with van der Waals surface area (Å²) in [6, 6.07) is 14.4. The van der Waals surface area contributed by atoms with E-state index in [0.717, 1.165) is 24.3 Å². The summed E-state index contributed by atoms with van der Waals surface area (Å²) in [5.74, 6) is -0.882. The molecule has 26 heavy (non-hydrogen) atoms. The minimum absolute atomic E-state index is 0.322.